The van der Waals surface area contributed by atoms with Crippen LogP contribution in [0, 0.1) is 0 Å². The first-order chi connectivity index (χ1) is 10.7. The molecule has 0 spiro atoms. The predicted octanol–water partition coefficient (Wildman–Crippen LogP) is 2.70. The number of hydrogen-bond acceptors (Lipinski definition) is 4. The van der Waals surface area contributed by atoms with Crippen LogP contribution in [0.2, 0.25) is 5.02 Å². The number of rotatable bonds is 4. The first kappa shape index (κ1) is 14.2. The second kappa shape index (κ2) is 6.36. The minimum absolute atomic E-state index is 0.107. The van der Waals surface area contributed by atoms with Crippen molar-refractivity contribution in [1.29, 1.82) is 0 Å². The van der Waals surface area contributed by atoms with E-state index in [1.807, 2.05) is 6.07 Å². The molecule has 0 aliphatic rings. The molecule has 0 radical (unpaired) electrons. The number of nitrogens with one attached hydrogen (secondary N) is 2. The molecule has 6 nitrogen and oxygen atoms in total. The number of pyridine rings is 1. The molecule has 3 rings (SSSR count). The van der Waals surface area contributed by atoms with E-state index in [0.29, 0.717) is 22.4 Å². The molecule has 2 aromatic heterocycles. The molecule has 22 heavy (non-hydrogen) atoms. The highest BCUT2D eigenvalue weighted by atomic mass is 35.5. The highest BCUT2D eigenvalue weighted by Crippen LogP contribution is 2.14. The van der Waals surface area contributed by atoms with Crippen molar-refractivity contribution in [1.82, 2.24) is 20.2 Å². The van der Waals surface area contributed by atoms with Gasteiger partial charge in [-0.2, -0.15) is 5.10 Å². The summed E-state index contributed by atoms with van der Waals surface area (Å²) in [5.74, 6) is 0.823. The summed E-state index contributed by atoms with van der Waals surface area (Å²) in [6.07, 6.45) is 3.45. The number of carbonyl (C=O) groups excluding carboxylic acids is 1. The van der Waals surface area contributed by atoms with Crippen molar-refractivity contribution < 1.29 is 4.79 Å². The number of H-pyrrole nitrogens is 1. The first-order valence-corrected chi connectivity index (χ1v) is 6.95. The van der Waals surface area contributed by atoms with Gasteiger partial charge in [-0.25, -0.2) is 4.98 Å². The molecule has 1 amide bonds. The smallest absolute Gasteiger partial charge is 0.232 e. The van der Waals surface area contributed by atoms with E-state index in [4.69, 9.17) is 11.6 Å². The number of aromatic amines is 1. The summed E-state index contributed by atoms with van der Waals surface area (Å²) in [7, 11) is 0. The van der Waals surface area contributed by atoms with Gasteiger partial charge in [-0.15, -0.1) is 0 Å². The van der Waals surface area contributed by atoms with Gasteiger partial charge in [0.05, 0.1) is 6.42 Å². The molecule has 1 aromatic carbocycles. The van der Waals surface area contributed by atoms with Gasteiger partial charge < -0.3 is 5.32 Å². The van der Waals surface area contributed by atoms with Crippen LogP contribution in [-0.4, -0.2) is 26.1 Å². The summed E-state index contributed by atoms with van der Waals surface area (Å²) < 4.78 is 0. The molecule has 0 bridgehead atoms. The van der Waals surface area contributed by atoms with Crippen LogP contribution in [-0.2, 0) is 11.2 Å². The normalized spacial score (nSPS) is 10.4. The van der Waals surface area contributed by atoms with Gasteiger partial charge in [0.15, 0.2) is 5.82 Å². The van der Waals surface area contributed by atoms with E-state index in [1.165, 1.54) is 0 Å². The van der Waals surface area contributed by atoms with Crippen LogP contribution in [0.5, 0.6) is 0 Å². The van der Waals surface area contributed by atoms with Gasteiger partial charge >= 0.3 is 0 Å². The number of anilines is 1. The Morgan fingerprint density at radius 3 is 2.77 bits per heavy atom. The standard InChI is InChI=1S/C15H12ClN5O/c16-11-3-5-12(6-4-11)18-14(22)8-13-19-15(21-20-13)10-2-1-7-17-9-10/h1-7,9H,8H2,(H,18,22)(H,19,20,21). The second-order valence-electron chi connectivity index (χ2n) is 4.58. The highest BCUT2D eigenvalue weighted by molar-refractivity contribution is 6.30. The minimum atomic E-state index is -0.184. The van der Waals surface area contributed by atoms with Gasteiger partial charge in [0.1, 0.15) is 5.82 Å². The molecule has 0 saturated heterocycles. The van der Waals surface area contributed by atoms with E-state index in [-0.39, 0.29) is 12.3 Å². The molecule has 0 unspecified atom stereocenters. The third-order valence-electron chi connectivity index (χ3n) is 2.91. The van der Waals surface area contributed by atoms with Gasteiger partial charge in [0.25, 0.3) is 0 Å². The lowest BCUT2D eigenvalue weighted by atomic mass is 10.3. The maximum Gasteiger partial charge on any atom is 0.232 e. The summed E-state index contributed by atoms with van der Waals surface area (Å²) in [4.78, 5) is 20.3. The Kier molecular flexibility index (Phi) is 4.11. The van der Waals surface area contributed by atoms with Gasteiger partial charge in [0, 0.05) is 28.7 Å². The van der Waals surface area contributed by atoms with Gasteiger partial charge in [-0.05, 0) is 36.4 Å². The number of halogens is 1. The lowest BCUT2D eigenvalue weighted by Crippen LogP contribution is -2.15. The van der Waals surface area contributed by atoms with Crippen molar-refractivity contribution in [3.63, 3.8) is 0 Å². The van der Waals surface area contributed by atoms with Crippen LogP contribution in [0.4, 0.5) is 5.69 Å². The lowest BCUT2D eigenvalue weighted by molar-refractivity contribution is -0.115. The van der Waals surface area contributed by atoms with Crippen molar-refractivity contribution in [3.05, 3.63) is 59.6 Å². The van der Waals surface area contributed by atoms with Crippen molar-refractivity contribution in [3.8, 4) is 11.4 Å². The van der Waals surface area contributed by atoms with E-state index >= 15 is 0 Å². The monoisotopic (exact) mass is 313 g/mol. The Labute approximate surface area is 131 Å². The summed E-state index contributed by atoms with van der Waals surface area (Å²) in [5, 5.41) is 10.2. The maximum absolute atomic E-state index is 12.0. The number of aromatic nitrogens is 4. The highest BCUT2D eigenvalue weighted by Gasteiger charge is 2.10. The van der Waals surface area contributed by atoms with Crippen molar-refractivity contribution >= 4 is 23.2 Å². The fraction of sp³-hybridized carbons (Fsp3) is 0.0667. The summed E-state index contributed by atoms with van der Waals surface area (Å²) >= 11 is 5.80. The van der Waals surface area contributed by atoms with Crippen LogP contribution in [0.25, 0.3) is 11.4 Å². The third-order valence-corrected chi connectivity index (χ3v) is 3.16. The van der Waals surface area contributed by atoms with Crippen molar-refractivity contribution in [2.45, 2.75) is 6.42 Å². The summed E-state index contributed by atoms with van der Waals surface area (Å²) in [6, 6.07) is 10.6. The summed E-state index contributed by atoms with van der Waals surface area (Å²) in [6.45, 7) is 0. The van der Waals surface area contributed by atoms with Crippen LogP contribution >= 0.6 is 11.6 Å². The second-order valence-corrected chi connectivity index (χ2v) is 5.02. The van der Waals surface area contributed by atoms with Gasteiger partial charge in [-0.3, -0.25) is 14.9 Å². The van der Waals surface area contributed by atoms with E-state index in [1.54, 1.807) is 42.7 Å². The first-order valence-electron chi connectivity index (χ1n) is 6.58. The average molecular weight is 314 g/mol. The van der Waals surface area contributed by atoms with E-state index in [0.717, 1.165) is 5.56 Å². The minimum Gasteiger partial charge on any atom is -0.326 e. The molecule has 0 aliphatic heterocycles. The zero-order chi connectivity index (χ0) is 15.4. The average Bonchev–Trinajstić information content (AvgIpc) is 2.99. The van der Waals surface area contributed by atoms with Crippen molar-refractivity contribution in [2.24, 2.45) is 0 Å². The number of amides is 1. The molecule has 0 aliphatic carbocycles. The molecular weight excluding hydrogens is 302 g/mol. The Bertz CT molecular complexity index is 770. The molecule has 0 atom stereocenters. The van der Waals surface area contributed by atoms with E-state index in [9.17, 15) is 4.79 Å². The Hall–Kier alpha value is -2.73. The number of benzene rings is 1. The quantitative estimate of drug-likeness (QED) is 0.775. The fourth-order valence-electron chi connectivity index (χ4n) is 1.89. The number of carbonyl (C=O) groups is 1. The molecule has 0 saturated carbocycles. The molecule has 3 aromatic rings. The topological polar surface area (TPSA) is 83.6 Å². The lowest BCUT2D eigenvalue weighted by Gasteiger charge is -2.03. The largest absolute Gasteiger partial charge is 0.326 e. The predicted molar refractivity (Wildman–Crippen MR) is 83.4 cm³/mol. The maximum atomic E-state index is 12.0. The van der Waals surface area contributed by atoms with Crippen molar-refractivity contribution in [2.75, 3.05) is 5.32 Å². The molecule has 7 heteroatoms. The van der Waals surface area contributed by atoms with Crippen LogP contribution in [0.3, 0.4) is 0 Å². The van der Waals surface area contributed by atoms with Gasteiger partial charge in [0.2, 0.25) is 5.91 Å². The third kappa shape index (κ3) is 3.48. The van der Waals surface area contributed by atoms with Gasteiger partial charge in [-0.1, -0.05) is 11.6 Å². The van der Waals surface area contributed by atoms with E-state index < -0.39 is 0 Å². The molecule has 2 heterocycles. The summed E-state index contributed by atoms with van der Waals surface area (Å²) in [5.41, 5.74) is 1.48. The fourth-order valence-corrected chi connectivity index (χ4v) is 2.01. The van der Waals surface area contributed by atoms with Crippen LogP contribution in [0.1, 0.15) is 5.82 Å². The number of hydrogen-bond donors (Lipinski definition) is 2. The van der Waals surface area contributed by atoms with Crippen LogP contribution < -0.4 is 5.32 Å². The molecule has 0 fully saturated rings. The van der Waals surface area contributed by atoms with Crippen LogP contribution in [0.15, 0.2) is 48.8 Å². The Morgan fingerprint density at radius 1 is 1.23 bits per heavy atom. The molecule has 2 N–H and O–H groups in total. The number of nitrogens with zero attached hydrogens (tertiary/aromatic N) is 3. The zero-order valence-corrected chi connectivity index (χ0v) is 12.2. The SMILES string of the molecule is O=C(Cc1nc(-c2cccnc2)n[nH]1)Nc1ccc(Cl)cc1. The Morgan fingerprint density at radius 2 is 2.05 bits per heavy atom. The Balaban J connectivity index is 1.65. The molecular formula is C15H12ClN5O. The zero-order valence-electron chi connectivity index (χ0n) is 11.5. The molecule has 110 valence electrons. The van der Waals surface area contributed by atoms with E-state index in [2.05, 4.69) is 25.5 Å².